The van der Waals surface area contributed by atoms with E-state index >= 15 is 0 Å². The van der Waals surface area contributed by atoms with Crippen molar-refractivity contribution < 1.29 is 4.39 Å². The molecular formula is C29H29FN6O. The fourth-order valence-corrected chi connectivity index (χ4v) is 5.07. The van der Waals surface area contributed by atoms with Gasteiger partial charge in [-0.25, -0.2) is 9.07 Å². The summed E-state index contributed by atoms with van der Waals surface area (Å²) in [6.07, 6.45) is 6.66. The second kappa shape index (κ2) is 9.78. The van der Waals surface area contributed by atoms with E-state index in [0.29, 0.717) is 30.3 Å². The zero-order chi connectivity index (χ0) is 25.4. The quantitative estimate of drug-likeness (QED) is 0.372. The molecule has 4 heterocycles. The summed E-state index contributed by atoms with van der Waals surface area (Å²) in [6.45, 7) is 2.65. The number of hydrogen-bond donors (Lipinski definition) is 1. The molecule has 2 aromatic carbocycles. The predicted octanol–water partition coefficient (Wildman–Crippen LogP) is 4.62. The molecule has 1 N–H and O–H groups in total. The van der Waals surface area contributed by atoms with E-state index in [1.54, 1.807) is 16.7 Å². The Labute approximate surface area is 214 Å². The monoisotopic (exact) mass is 496 g/mol. The molecule has 1 aliphatic heterocycles. The van der Waals surface area contributed by atoms with Crippen molar-refractivity contribution in [3.8, 4) is 5.82 Å². The normalized spacial score (nSPS) is 15.0. The number of aryl methyl sites for hydroxylation is 2. The van der Waals surface area contributed by atoms with Gasteiger partial charge in [-0.1, -0.05) is 6.07 Å². The maximum Gasteiger partial charge on any atom is 0.266 e. The third kappa shape index (κ3) is 4.97. The number of nitrogens with zero attached hydrogens (tertiary/aromatic N) is 5. The van der Waals surface area contributed by atoms with Crippen LogP contribution in [-0.4, -0.2) is 50.4 Å². The number of pyridine rings is 1. The summed E-state index contributed by atoms with van der Waals surface area (Å²) < 4.78 is 17.1. The van der Waals surface area contributed by atoms with Crippen molar-refractivity contribution in [2.24, 2.45) is 0 Å². The van der Waals surface area contributed by atoms with E-state index < -0.39 is 0 Å². The first-order valence-electron chi connectivity index (χ1n) is 12.7. The van der Waals surface area contributed by atoms with Gasteiger partial charge in [-0.05, 0) is 93.5 Å². The van der Waals surface area contributed by atoms with E-state index in [1.807, 2.05) is 24.5 Å². The van der Waals surface area contributed by atoms with Gasteiger partial charge in [0.25, 0.3) is 5.56 Å². The third-order valence-electron chi connectivity index (χ3n) is 7.20. The molecule has 0 unspecified atom stereocenters. The molecule has 6 rings (SSSR count). The minimum absolute atomic E-state index is 0.168. The molecule has 37 heavy (non-hydrogen) atoms. The Bertz CT molecular complexity index is 1630. The molecule has 1 fully saturated rings. The number of halogens is 1. The maximum atomic E-state index is 13.8. The van der Waals surface area contributed by atoms with Gasteiger partial charge in [-0.2, -0.15) is 5.10 Å². The van der Waals surface area contributed by atoms with Crippen molar-refractivity contribution >= 4 is 27.5 Å². The molecule has 188 valence electrons. The number of rotatable bonds is 6. The zero-order valence-electron chi connectivity index (χ0n) is 20.8. The highest BCUT2D eigenvalue weighted by molar-refractivity contribution is 5.82. The van der Waals surface area contributed by atoms with Crippen LogP contribution < -0.4 is 10.9 Å². The van der Waals surface area contributed by atoms with Gasteiger partial charge in [0, 0.05) is 35.6 Å². The topological polar surface area (TPSA) is 68.0 Å². The van der Waals surface area contributed by atoms with E-state index in [1.165, 1.54) is 22.9 Å². The van der Waals surface area contributed by atoms with Gasteiger partial charge in [-0.3, -0.25) is 14.3 Å². The van der Waals surface area contributed by atoms with Crippen LogP contribution in [0.4, 0.5) is 10.1 Å². The van der Waals surface area contributed by atoms with Gasteiger partial charge in [0.2, 0.25) is 0 Å². The average Bonchev–Trinajstić information content (AvgIpc) is 3.32. The molecule has 0 atom stereocenters. The first kappa shape index (κ1) is 23.4. The standard InChI is InChI=1S/C29H29FN6O/c1-34-12-10-24(11-13-34)32-25-17-22-16-20(2-5-26(22)31-19-25)8-15-36-29(37)7-6-28(33-36)35-14-9-21-3-4-23(30)18-27(21)35/h2-7,9,14,16-19,24,32H,8,10-13,15H2,1H3. The van der Waals surface area contributed by atoms with Crippen LogP contribution >= 0.6 is 0 Å². The Hall–Kier alpha value is -4.04. The molecule has 0 bridgehead atoms. The summed E-state index contributed by atoms with van der Waals surface area (Å²) in [5.41, 5.74) is 3.64. The summed E-state index contributed by atoms with van der Waals surface area (Å²) in [5, 5.41) is 10.2. The van der Waals surface area contributed by atoms with Gasteiger partial charge in [0.05, 0.1) is 22.9 Å². The van der Waals surface area contributed by atoms with E-state index in [4.69, 9.17) is 0 Å². The van der Waals surface area contributed by atoms with Crippen LogP contribution in [0.2, 0.25) is 0 Å². The lowest BCUT2D eigenvalue weighted by Gasteiger charge is -2.30. The van der Waals surface area contributed by atoms with E-state index in [0.717, 1.165) is 53.5 Å². The smallest absolute Gasteiger partial charge is 0.266 e. The second-order valence-electron chi connectivity index (χ2n) is 9.86. The minimum atomic E-state index is -0.309. The Kier molecular flexibility index (Phi) is 6.18. The van der Waals surface area contributed by atoms with Crippen LogP contribution in [0.5, 0.6) is 0 Å². The van der Waals surface area contributed by atoms with Crippen molar-refractivity contribution in [1.82, 2.24) is 24.2 Å². The van der Waals surface area contributed by atoms with Gasteiger partial charge >= 0.3 is 0 Å². The van der Waals surface area contributed by atoms with Crippen LogP contribution in [0.15, 0.2) is 77.9 Å². The summed E-state index contributed by atoms with van der Waals surface area (Å²) in [4.78, 5) is 19.6. The molecule has 0 saturated carbocycles. The number of nitrogens with one attached hydrogen (secondary N) is 1. The Balaban J connectivity index is 1.20. The van der Waals surface area contributed by atoms with E-state index in [9.17, 15) is 9.18 Å². The summed E-state index contributed by atoms with van der Waals surface area (Å²) in [5.74, 6) is 0.267. The number of benzene rings is 2. The molecule has 0 radical (unpaired) electrons. The fourth-order valence-electron chi connectivity index (χ4n) is 5.07. The average molecular weight is 497 g/mol. The minimum Gasteiger partial charge on any atom is -0.381 e. The summed E-state index contributed by atoms with van der Waals surface area (Å²) >= 11 is 0. The molecule has 0 aliphatic carbocycles. The molecule has 7 nitrogen and oxygen atoms in total. The SMILES string of the molecule is CN1CCC(Nc2cnc3ccc(CCn4nc(-n5ccc6ccc(F)cc65)ccc4=O)cc3c2)CC1. The van der Waals surface area contributed by atoms with Crippen molar-refractivity contribution in [3.05, 3.63) is 94.8 Å². The van der Waals surface area contributed by atoms with Crippen molar-refractivity contribution in [2.45, 2.75) is 31.8 Å². The fraction of sp³-hybridized carbons (Fsp3) is 0.276. The summed E-state index contributed by atoms with van der Waals surface area (Å²) in [7, 11) is 2.17. The van der Waals surface area contributed by atoms with Crippen LogP contribution in [0.25, 0.3) is 27.6 Å². The molecule has 0 spiro atoms. The largest absolute Gasteiger partial charge is 0.381 e. The Morgan fingerprint density at radius 1 is 1.00 bits per heavy atom. The number of aromatic nitrogens is 4. The van der Waals surface area contributed by atoms with Crippen molar-refractivity contribution in [3.63, 3.8) is 0 Å². The van der Waals surface area contributed by atoms with Crippen LogP contribution in [-0.2, 0) is 13.0 Å². The lowest BCUT2D eigenvalue weighted by atomic mass is 10.0. The molecule has 3 aromatic heterocycles. The van der Waals surface area contributed by atoms with Gasteiger partial charge < -0.3 is 10.2 Å². The number of fused-ring (bicyclic) bond motifs is 2. The van der Waals surface area contributed by atoms with E-state index in [-0.39, 0.29) is 11.4 Å². The first-order valence-corrected chi connectivity index (χ1v) is 12.7. The second-order valence-corrected chi connectivity index (χ2v) is 9.86. The Morgan fingerprint density at radius 3 is 2.73 bits per heavy atom. The van der Waals surface area contributed by atoms with Crippen LogP contribution in [0.3, 0.4) is 0 Å². The summed E-state index contributed by atoms with van der Waals surface area (Å²) in [6, 6.07) is 18.6. The molecule has 1 saturated heterocycles. The predicted molar refractivity (Wildman–Crippen MR) is 145 cm³/mol. The zero-order valence-corrected chi connectivity index (χ0v) is 20.8. The van der Waals surface area contributed by atoms with Crippen molar-refractivity contribution in [2.75, 3.05) is 25.5 Å². The van der Waals surface area contributed by atoms with Crippen LogP contribution in [0.1, 0.15) is 18.4 Å². The molecular weight excluding hydrogens is 467 g/mol. The number of anilines is 1. The maximum absolute atomic E-state index is 13.8. The van der Waals surface area contributed by atoms with Gasteiger partial charge in [-0.15, -0.1) is 0 Å². The number of hydrogen-bond acceptors (Lipinski definition) is 5. The Morgan fingerprint density at radius 2 is 1.86 bits per heavy atom. The highest BCUT2D eigenvalue weighted by Gasteiger charge is 2.16. The first-order chi connectivity index (χ1) is 18.0. The third-order valence-corrected chi connectivity index (χ3v) is 7.20. The van der Waals surface area contributed by atoms with Gasteiger partial charge in [0.1, 0.15) is 5.82 Å². The molecule has 0 amide bonds. The van der Waals surface area contributed by atoms with Gasteiger partial charge in [0.15, 0.2) is 5.82 Å². The lowest BCUT2D eigenvalue weighted by molar-refractivity contribution is 0.264. The van der Waals surface area contributed by atoms with E-state index in [2.05, 4.69) is 45.5 Å². The van der Waals surface area contributed by atoms with Crippen molar-refractivity contribution in [1.29, 1.82) is 0 Å². The molecule has 1 aliphatic rings. The molecule has 8 heteroatoms. The molecule has 5 aromatic rings. The highest BCUT2D eigenvalue weighted by atomic mass is 19.1. The number of piperidine rings is 1. The van der Waals surface area contributed by atoms with Crippen LogP contribution in [0, 0.1) is 5.82 Å². The lowest BCUT2D eigenvalue weighted by Crippen LogP contribution is -2.36. The highest BCUT2D eigenvalue weighted by Crippen LogP contribution is 2.22. The number of likely N-dealkylation sites (tertiary alicyclic amines) is 1.